The van der Waals surface area contributed by atoms with Gasteiger partial charge in [-0.3, -0.25) is 9.59 Å². The van der Waals surface area contributed by atoms with Crippen LogP contribution in [-0.2, 0) is 19.7 Å². The van der Waals surface area contributed by atoms with E-state index in [1.165, 1.54) is 5.56 Å². The molecule has 0 amide bonds. The van der Waals surface area contributed by atoms with E-state index >= 15 is 0 Å². The molecule has 1 aliphatic rings. The third-order valence-electron chi connectivity index (χ3n) is 6.64. The molecule has 0 saturated heterocycles. The molecule has 0 N–H and O–H groups in total. The summed E-state index contributed by atoms with van der Waals surface area (Å²) in [4.78, 5) is 25.8. The van der Waals surface area contributed by atoms with Gasteiger partial charge >= 0.3 is 5.97 Å². The number of allylic oxidation sites excluding steroid dienone is 2. The highest BCUT2D eigenvalue weighted by atomic mass is 16.5. The van der Waals surface area contributed by atoms with Gasteiger partial charge in [-0.2, -0.15) is 0 Å². The fourth-order valence-electron chi connectivity index (χ4n) is 4.63. The highest BCUT2D eigenvalue weighted by molar-refractivity contribution is 5.99. The molecule has 1 saturated carbocycles. The first kappa shape index (κ1) is 24.1. The maximum absolute atomic E-state index is 13.1. The van der Waals surface area contributed by atoms with Crippen LogP contribution in [0.3, 0.4) is 0 Å². The van der Waals surface area contributed by atoms with E-state index in [0.29, 0.717) is 25.2 Å². The van der Waals surface area contributed by atoms with Crippen LogP contribution in [0, 0.1) is 17.8 Å². The summed E-state index contributed by atoms with van der Waals surface area (Å²) in [7, 11) is 0. The highest BCUT2D eigenvalue weighted by Gasteiger charge is 2.43. The molecular formula is C27H38O3. The first-order valence-corrected chi connectivity index (χ1v) is 11.2. The summed E-state index contributed by atoms with van der Waals surface area (Å²) < 4.78 is 6.09. The van der Waals surface area contributed by atoms with E-state index in [1.807, 2.05) is 13.0 Å². The van der Waals surface area contributed by atoms with Crippen molar-refractivity contribution < 1.29 is 14.3 Å². The summed E-state index contributed by atoms with van der Waals surface area (Å²) in [6.07, 6.45) is 5.68. The normalized spacial score (nSPS) is 22.7. The standard InChI is InChI=1S/C27H38O3/c1-7-11-22(24(28)17-14-19(2)3)26(29)30-25-18-20(4)15-16-23(25)27(5,6)21-12-9-8-10-13-21/h7-10,12-13,20,22-23,25H,1-2,11,14-18H2,3-6H3/t20-,22?,23-,25-/m1/s1. The summed E-state index contributed by atoms with van der Waals surface area (Å²) in [6, 6.07) is 10.4. The van der Waals surface area contributed by atoms with E-state index in [4.69, 9.17) is 4.74 Å². The van der Waals surface area contributed by atoms with Crippen molar-refractivity contribution in [2.24, 2.45) is 17.8 Å². The van der Waals surface area contributed by atoms with Crippen LogP contribution < -0.4 is 0 Å². The van der Waals surface area contributed by atoms with E-state index < -0.39 is 11.9 Å². The Kier molecular flexibility index (Phi) is 8.64. The number of Topliss-reactive ketones (excluding diaryl/α,β-unsaturated/α-hetero) is 1. The van der Waals surface area contributed by atoms with Gasteiger partial charge in [0.05, 0.1) is 0 Å². The largest absolute Gasteiger partial charge is 0.461 e. The minimum atomic E-state index is -0.764. The van der Waals surface area contributed by atoms with Crippen LogP contribution in [0.1, 0.15) is 71.8 Å². The molecule has 0 aromatic heterocycles. The lowest BCUT2D eigenvalue weighted by Gasteiger charge is -2.44. The van der Waals surface area contributed by atoms with E-state index in [1.54, 1.807) is 6.08 Å². The van der Waals surface area contributed by atoms with Crippen LogP contribution in [0.15, 0.2) is 55.1 Å². The molecular weight excluding hydrogens is 372 g/mol. The van der Waals surface area contributed by atoms with E-state index in [-0.39, 0.29) is 23.2 Å². The topological polar surface area (TPSA) is 43.4 Å². The Hall–Kier alpha value is -2.16. The van der Waals surface area contributed by atoms with Gasteiger partial charge in [0, 0.05) is 12.3 Å². The van der Waals surface area contributed by atoms with Gasteiger partial charge in [0.1, 0.15) is 17.8 Å². The summed E-state index contributed by atoms with van der Waals surface area (Å²) in [5.41, 5.74) is 2.08. The summed E-state index contributed by atoms with van der Waals surface area (Å²) in [5, 5.41) is 0. The fraction of sp³-hybridized carbons (Fsp3) is 0.556. The third-order valence-corrected chi connectivity index (χ3v) is 6.64. The van der Waals surface area contributed by atoms with Crippen molar-refractivity contribution in [1.82, 2.24) is 0 Å². The number of rotatable bonds is 10. The molecule has 0 bridgehead atoms. The second-order valence-electron chi connectivity index (χ2n) is 9.59. The van der Waals surface area contributed by atoms with E-state index in [9.17, 15) is 9.59 Å². The smallest absolute Gasteiger partial charge is 0.317 e. The molecule has 3 nitrogen and oxygen atoms in total. The quantitative estimate of drug-likeness (QED) is 0.254. The molecule has 0 radical (unpaired) electrons. The fourth-order valence-corrected chi connectivity index (χ4v) is 4.63. The van der Waals surface area contributed by atoms with Gasteiger partial charge in [0.15, 0.2) is 0 Å². The molecule has 4 atom stereocenters. The highest BCUT2D eigenvalue weighted by Crippen LogP contribution is 2.43. The minimum absolute atomic E-state index is 0.0781. The first-order chi connectivity index (χ1) is 14.2. The minimum Gasteiger partial charge on any atom is -0.461 e. The maximum Gasteiger partial charge on any atom is 0.317 e. The second-order valence-corrected chi connectivity index (χ2v) is 9.59. The molecule has 1 fully saturated rings. The molecule has 0 spiro atoms. The Bertz CT molecular complexity index is 747. The monoisotopic (exact) mass is 410 g/mol. The lowest BCUT2D eigenvalue weighted by Crippen LogP contribution is -2.44. The molecule has 164 valence electrons. The SMILES string of the molecule is C=CCC(C(=O)CCC(=C)C)C(=O)O[C@@H]1C[C@H](C)CC[C@H]1C(C)(C)c1ccccc1. The number of ether oxygens (including phenoxy) is 1. The number of hydrogen-bond acceptors (Lipinski definition) is 3. The zero-order valence-electron chi connectivity index (χ0n) is 19.2. The van der Waals surface area contributed by atoms with Gasteiger partial charge < -0.3 is 4.74 Å². The first-order valence-electron chi connectivity index (χ1n) is 11.2. The van der Waals surface area contributed by atoms with Crippen LogP contribution in [-0.4, -0.2) is 17.9 Å². The number of ketones is 1. The summed E-state index contributed by atoms with van der Waals surface area (Å²) >= 11 is 0. The van der Waals surface area contributed by atoms with Crippen molar-refractivity contribution >= 4 is 11.8 Å². The molecule has 2 rings (SSSR count). The van der Waals surface area contributed by atoms with Crippen LogP contribution in [0.4, 0.5) is 0 Å². The van der Waals surface area contributed by atoms with Crippen LogP contribution in [0.25, 0.3) is 0 Å². The molecule has 3 heteroatoms. The molecule has 1 unspecified atom stereocenters. The third kappa shape index (κ3) is 6.17. The van der Waals surface area contributed by atoms with Crippen molar-refractivity contribution in [3.63, 3.8) is 0 Å². The lowest BCUT2D eigenvalue weighted by molar-refractivity contribution is -0.163. The second kappa shape index (κ2) is 10.7. The lowest BCUT2D eigenvalue weighted by atomic mass is 9.64. The average molecular weight is 411 g/mol. The van der Waals surface area contributed by atoms with Gasteiger partial charge in [-0.05, 0) is 49.5 Å². The number of benzene rings is 1. The van der Waals surface area contributed by atoms with Gasteiger partial charge in [-0.15, -0.1) is 13.2 Å². The molecule has 1 aromatic rings. The predicted octanol–water partition coefficient (Wildman–Crippen LogP) is 6.43. The molecule has 30 heavy (non-hydrogen) atoms. The van der Waals surface area contributed by atoms with Gasteiger partial charge in [-0.25, -0.2) is 0 Å². The predicted molar refractivity (Wildman–Crippen MR) is 123 cm³/mol. The zero-order valence-corrected chi connectivity index (χ0v) is 19.2. The van der Waals surface area contributed by atoms with Crippen LogP contribution in [0.5, 0.6) is 0 Å². The maximum atomic E-state index is 13.1. The zero-order chi connectivity index (χ0) is 22.3. The molecule has 0 heterocycles. The number of carbonyl (C=O) groups excluding carboxylic acids is 2. The van der Waals surface area contributed by atoms with Crippen molar-refractivity contribution in [3.8, 4) is 0 Å². The molecule has 1 aliphatic carbocycles. The number of hydrogen-bond donors (Lipinski definition) is 0. The van der Waals surface area contributed by atoms with Crippen molar-refractivity contribution in [2.75, 3.05) is 0 Å². The summed E-state index contributed by atoms with van der Waals surface area (Å²) in [5.74, 6) is -0.516. The van der Waals surface area contributed by atoms with Gasteiger partial charge in [0.2, 0.25) is 0 Å². The average Bonchev–Trinajstić information content (AvgIpc) is 2.70. The van der Waals surface area contributed by atoms with Crippen molar-refractivity contribution in [2.45, 2.75) is 77.7 Å². The summed E-state index contributed by atoms with van der Waals surface area (Å²) in [6.45, 7) is 16.2. The van der Waals surface area contributed by atoms with E-state index in [0.717, 1.165) is 24.8 Å². The van der Waals surface area contributed by atoms with Crippen LogP contribution >= 0.6 is 0 Å². The Morgan fingerprint density at radius 1 is 1.20 bits per heavy atom. The Morgan fingerprint density at radius 3 is 2.47 bits per heavy atom. The molecule has 1 aromatic carbocycles. The Labute approximate surface area is 182 Å². The Morgan fingerprint density at radius 2 is 1.87 bits per heavy atom. The van der Waals surface area contributed by atoms with Gasteiger partial charge in [-0.1, -0.05) is 69.2 Å². The molecule has 0 aliphatic heterocycles. The van der Waals surface area contributed by atoms with Gasteiger partial charge in [0.25, 0.3) is 0 Å². The van der Waals surface area contributed by atoms with Crippen molar-refractivity contribution in [1.29, 1.82) is 0 Å². The van der Waals surface area contributed by atoms with Crippen molar-refractivity contribution in [3.05, 3.63) is 60.7 Å². The number of carbonyl (C=O) groups is 2. The number of esters is 1. The van der Waals surface area contributed by atoms with Crippen LogP contribution in [0.2, 0.25) is 0 Å². The Balaban J connectivity index is 2.20. The van der Waals surface area contributed by atoms with E-state index in [2.05, 4.69) is 58.2 Å².